The summed E-state index contributed by atoms with van der Waals surface area (Å²) < 4.78 is 0. The second kappa shape index (κ2) is 11.4. The summed E-state index contributed by atoms with van der Waals surface area (Å²) in [4.78, 5) is 0. The lowest BCUT2D eigenvalue weighted by atomic mass is 9.97. The van der Waals surface area contributed by atoms with Crippen LogP contribution in [0.25, 0.3) is 0 Å². The van der Waals surface area contributed by atoms with E-state index in [-0.39, 0.29) is 6.10 Å². The molecule has 1 nitrogen and oxygen atoms in total. The molecule has 0 aromatic heterocycles. The van der Waals surface area contributed by atoms with Crippen LogP contribution in [0.4, 0.5) is 0 Å². The maximum Gasteiger partial charge on any atom is 0.0512 e. The van der Waals surface area contributed by atoms with Gasteiger partial charge in [-0.05, 0) is 19.3 Å². The van der Waals surface area contributed by atoms with Crippen LogP contribution in [0.2, 0.25) is 0 Å². The third kappa shape index (κ3) is 12.0. The van der Waals surface area contributed by atoms with Crippen LogP contribution in [-0.2, 0) is 0 Å². The molecule has 1 heteroatoms. The quantitative estimate of drug-likeness (QED) is 0.497. The molecule has 0 saturated heterocycles. The van der Waals surface area contributed by atoms with E-state index in [1.807, 2.05) is 6.92 Å². The minimum absolute atomic E-state index is 0.103. The maximum atomic E-state index is 9.11. The Bertz CT molecular complexity index is 131. The van der Waals surface area contributed by atoms with Gasteiger partial charge in [0.1, 0.15) is 0 Å². The molecule has 0 heterocycles. The topological polar surface area (TPSA) is 20.2 Å². The third-order valence-electron chi connectivity index (χ3n) is 3.37. The minimum atomic E-state index is -0.103. The zero-order chi connectivity index (χ0) is 12.2. The van der Waals surface area contributed by atoms with E-state index in [2.05, 4.69) is 13.8 Å². The molecule has 2 atom stereocenters. The van der Waals surface area contributed by atoms with Gasteiger partial charge in [-0.15, -0.1) is 0 Å². The van der Waals surface area contributed by atoms with E-state index in [0.29, 0.717) is 0 Å². The van der Waals surface area contributed by atoms with Crippen molar-refractivity contribution in [2.24, 2.45) is 5.92 Å². The van der Waals surface area contributed by atoms with Gasteiger partial charge < -0.3 is 5.11 Å². The highest BCUT2D eigenvalue weighted by Crippen LogP contribution is 2.16. The Morgan fingerprint density at radius 2 is 1.25 bits per heavy atom. The van der Waals surface area contributed by atoms with Crippen LogP contribution in [0.1, 0.15) is 85.0 Å². The summed E-state index contributed by atoms with van der Waals surface area (Å²) in [6.07, 6.45) is 13.1. The Labute approximate surface area is 103 Å². The van der Waals surface area contributed by atoms with Crippen LogP contribution in [0.15, 0.2) is 0 Å². The van der Waals surface area contributed by atoms with Gasteiger partial charge in [0.15, 0.2) is 0 Å². The number of aliphatic hydroxyl groups is 1. The van der Waals surface area contributed by atoms with Gasteiger partial charge in [-0.3, -0.25) is 0 Å². The first-order valence-electron chi connectivity index (χ1n) is 7.34. The lowest BCUT2D eigenvalue weighted by Gasteiger charge is -2.10. The summed E-state index contributed by atoms with van der Waals surface area (Å²) >= 11 is 0. The molecule has 0 aromatic carbocycles. The minimum Gasteiger partial charge on any atom is -0.393 e. The number of aliphatic hydroxyl groups excluding tert-OH is 1. The predicted octanol–water partition coefficient (Wildman–Crippen LogP) is 4.92. The standard InChI is InChI=1S/C15H32O/c1-4-5-11-14(2)12-9-7-6-8-10-13-15(3)16/h14-16H,4-13H2,1-3H3. The Morgan fingerprint density at radius 3 is 1.81 bits per heavy atom. The highest BCUT2D eigenvalue weighted by molar-refractivity contribution is 4.55. The number of hydrogen-bond acceptors (Lipinski definition) is 1. The summed E-state index contributed by atoms with van der Waals surface area (Å²) in [5.74, 6) is 0.928. The maximum absolute atomic E-state index is 9.11. The molecule has 0 spiro atoms. The molecule has 0 amide bonds. The van der Waals surface area contributed by atoms with Crippen molar-refractivity contribution in [2.75, 3.05) is 0 Å². The van der Waals surface area contributed by atoms with Gasteiger partial charge in [0.25, 0.3) is 0 Å². The van der Waals surface area contributed by atoms with E-state index in [1.165, 1.54) is 57.8 Å². The first kappa shape index (κ1) is 16.0. The number of hydrogen-bond donors (Lipinski definition) is 1. The van der Waals surface area contributed by atoms with Gasteiger partial charge in [0.2, 0.25) is 0 Å². The average Bonchev–Trinajstić information content (AvgIpc) is 2.24. The fraction of sp³-hybridized carbons (Fsp3) is 1.00. The second-order valence-corrected chi connectivity index (χ2v) is 5.44. The van der Waals surface area contributed by atoms with Gasteiger partial charge in [-0.25, -0.2) is 0 Å². The fourth-order valence-electron chi connectivity index (χ4n) is 2.16. The first-order chi connectivity index (χ1) is 7.66. The van der Waals surface area contributed by atoms with Crippen LogP contribution < -0.4 is 0 Å². The molecule has 98 valence electrons. The Balaban J connectivity index is 3.08. The molecule has 0 aliphatic heterocycles. The normalized spacial score (nSPS) is 15.0. The summed E-state index contributed by atoms with van der Waals surface area (Å²) in [5, 5.41) is 9.11. The summed E-state index contributed by atoms with van der Waals surface area (Å²) in [6.45, 7) is 6.55. The monoisotopic (exact) mass is 228 g/mol. The third-order valence-corrected chi connectivity index (χ3v) is 3.37. The molecule has 16 heavy (non-hydrogen) atoms. The van der Waals surface area contributed by atoms with E-state index in [9.17, 15) is 0 Å². The predicted molar refractivity (Wildman–Crippen MR) is 72.7 cm³/mol. The summed E-state index contributed by atoms with van der Waals surface area (Å²) in [6, 6.07) is 0. The van der Waals surface area contributed by atoms with Crippen LogP contribution >= 0.6 is 0 Å². The van der Waals surface area contributed by atoms with E-state index >= 15 is 0 Å². The van der Waals surface area contributed by atoms with Gasteiger partial charge in [0.05, 0.1) is 6.10 Å². The van der Waals surface area contributed by atoms with Gasteiger partial charge in [0, 0.05) is 0 Å². The van der Waals surface area contributed by atoms with Gasteiger partial charge in [-0.1, -0.05) is 71.6 Å². The van der Waals surface area contributed by atoms with Crippen molar-refractivity contribution < 1.29 is 5.11 Å². The van der Waals surface area contributed by atoms with E-state index in [1.54, 1.807) is 0 Å². The molecular weight excluding hydrogens is 196 g/mol. The Morgan fingerprint density at radius 1 is 0.750 bits per heavy atom. The van der Waals surface area contributed by atoms with Crippen LogP contribution in [0, 0.1) is 5.92 Å². The summed E-state index contributed by atoms with van der Waals surface area (Å²) in [7, 11) is 0. The van der Waals surface area contributed by atoms with Gasteiger partial charge in [-0.2, -0.15) is 0 Å². The lowest BCUT2D eigenvalue weighted by molar-refractivity contribution is 0.180. The smallest absolute Gasteiger partial charge is 0.0512 e. The molecule has 0 rings (SSSR count). The fourth-order valence-corrected chi connectivity index (χ4v) is 2.16. The van der Waals surface area contributed by atoms with E-state index < -0.39 is 0 Å². The first-order valence-corrected chi connectivity index (χ1v) is 7.34. The highest BCUT2D eigenvalue weighted by Gasteiger charge is 2.01. The van der Waals surface area contributed by atoms with Crippen molar-refractivity contribution in [2.45, 2.75) is 91.1 Å². The van der Waals surface area contributed by atoms with E-state index in [4.69, 9.17) is 5.11 Å². The van der Waals surface area contributed by atoms with Crippen LogP contribution in [0.3, 0.4) is 0 Å². The molecule has 0 bridgehead atoms. The Hall–Kier alpha value is -0.0400. The van der Waals surface area contributed by atoms with Crippen molar-refractivity contribution in [3.63, 3.8) is 0 Å². The molecule has 0 aliphatic rings. The molecule has 2 unspecified atom stereocenters. The summed E-state index contributed by atoms with van der Waals surface area (Å²) in [5.41, 5.74) is 0. The zero-order valence-corrected chi connectivity index (χ0v) is 11.7. The van der Waals surface area contributed by atoms with Crippen molar-refractivity contribution in [3.8, 4) is 0 Å². The number of unbranched alkanes of at least 4 members (excludes halogenated alkanes) is 5. The van der Waals surface area contributed by atoms with Crippen molar-refractivity contribution in [1.82, 2.24) is 0 Å². The molecule has 0 fully saturated rings. The number of rotatable bonds is 11. The molecule has 0 aliphatic carbocycles. The SMILES string of the molecule is CCCCC(C)CCCCCCCC(C)O. The molecular formula is C15H32O. The van der Waals surface area contributed by atoms with Gasteiger partial charge >= 0.3 is 0 Å². The second-order valence-electron chi connectivity index (χ2n) is 5.44. The van der Waals surface area contributed by atoms with Crippen LogP contribution in [0.5, 0.6) is 0 Å². The lowest BCUT2D eigenvalue weighted by Crippen LogP contribution is -1.98. The molecule has 1 N–H and O–H groups in total. The average molecular weight is 228 g/mol. The molecule has 0 radical (unpaired) electrons. The van der Waals surface area contributed by atoms with Crippen LogP contribution in [-0.4, -0.2) is 11.2 Å². The van der Waals surface area contributed by atoms with Crippen molar-refractivity contribution in [1.29, 1.82) is 0 Å². The molecule has 0 aromatic rings. The zero-order valence-electron chi connectivity index (χ0n) is 11.7. The molecule has 0 saturated carbocycles. The Kier molecular flexibility index (Phi) is 11.4. The largest absolute Gasteiger partial charge is 0.393 e. The van der Waals surface area contributed by atoms with Crippen molar-refractivity contribution in [3.05, 3.63) is 0 Å². The van der Waals surface area contributed by atoms with E-state index in [0.717, 1.165) is 12.3 Å². The van der Waals surface area contributed by atoms with Crippen molar-refractivity contribution >= 4 is 0 Å². The highest BCUT2D eigenvalue weighted by atomic mass is 16.3.